The predicted molar refractivity (Wildman–Crippen MR) is 114 cm³/mol. The van der Waals surface area contributed by atoms with Crippen LogP contribution in [0.15, 0.2) is 59.6 Å². The highest BCUT2D eigenvalue weighted by Crippen LogP contribution is 2.47. The number of aliphatic imine (C=N–C) groups is 1. The average Bonchev–Trinajstić information content (AvgIpc) is 3.47. The molecule has 1 fully saturated rings. The zero-order valence-corrected chi connectivity index (χ0v) is 16.8. The molecule has 27 heavy (non-hydrogen) atoms. The van der Waals surface area contributed by atoms with Crippen molar-refractivity contribution in [1.29, 1.82) is 0 Å². The van der Waals surface area contributed by atoms with Crippen molar-refractivity contribution < 1.29 is 0 Å². The van der Waals surface area contributed by atoms with Crippen molar-refractivity contribution in [1.82, 2.24) is 15.5 Å². The van der Waals surface area contributed by atoms with E-state index in [-0.39, 0.29) is 5.41 Å². The molecule has 4 heteroatoms. The molecule has 0 unspecified atom stereocenters. The van der Waals surface area contributed by atoms with Crippen molar-refractivity contribution in [2.45, 2.75) is 38.3 Å². The summed E-state index contributed by atoms with van der Waals surface area (Å²) < 4.78 is 0. The Kier molecular flexibility index (Phi) is 6.51. The highest BCUT2D eigenvalue weighted by atomic mass is 15.2. The summed E-state index contributed by atoms with van der Waals surface area (Å²) in [4.78, 5) is 6.96. The van der Waals surface area contributed by atoms with Gasteiger partial charge in [-0.3, -0.25) is 0 Å². The smallest absolute Gasteiger partial charge is 0.191 e. The molecule has 2 N–H and O–H groups in total. The van der Waals surface area contributed by atoms with Crippen molar-refractivity contribution >= 4 is 5.96 Å². The molecular formula is C23H32N4. The summed E-state index contributed by atoms with van der Waals surface area (Å²) in [5, 5.41) is 6.94. The van der Waals surface area contributed by atoms with Gasteiger partial charge in [-0.15, -0.1) is 0 Å². The molecule has 0 atom stereocenters. The minimum Gasteiger partial charge on any atom is -0.357 e. The third-order valence-corrected chi connectivity index (χ3v) is 5.12. The van der Waals surface area contributed by atoms with Crippen LogP contribution in [0.4, 0.5) is 0 Å². The van der Waals surface area contributed by atoms with E-state index in [4.69, 9.17) is 4.99 Å². The summed E-state index contributed by atoms with van der Waals surface area (Å²) in [5.74, 6) is 0.900. The maximum Gasteiger partial charge on any atom is 0.191 e. The maximum absolute atomic E-state index is 4.78. The molecule has 0 bridgehead atoms. The van der Waals surface area contributed by atoms with Gasteiger partial charge in [0.25, 0.3) is 0 Å². The third kappa shape index (κ3) is 5.57. The summed E-state index contributed by atoms with van der Waals surface area (Å²) in [7, 11) is 4.18. The second-order valence-corrected chi connectivity index (χ2v) is 7.75. The zero-order chi connectivity index (χ0) is 19.1. The molecule has 0 amide bonds. The fraction of sp³-hybridized carbons (Fsp3) is 0.435. The number of hydrogen-bond donors (Lipinski definition) is 2. The number of hydrogen-bond acceptors (Lipinski definition) is 2. The van der Waals surface area contributed by atoms with Gasteiger partial charge >= 0.3 is 0 Å². The first-order chi connectivity index (χ1) is 13.1. The highest BCUT2D eigenvalue weighted by molar-refractivity contribution is 5.80. The van der Waals surface area contributed by atoms with Gasteiger partial charge in [0.2, 0.25) is 0 Å². The van der Waals surface area contributed by atoms with Crippen LogP contribution in [0.25, 0.3) is 0 Å². The van der Waals surface area contributed by atoms with E-state index >= 15 is 0 Å². The van der Waals surface area contributed by atoms with Gasteiger partial charge < -0.3 is 15.5 Å². The summed E-state index contributed by atoms with van der Waals surface area (Å²) in [6.45, 7) is 5.57. The Morgan fingerprint density at radius 3 is 2.22 bits per heavy atom. The van der Waals surface area contributed by atoms with Gasteiger partial charge in [0, 0.05) is 25.0 Å². The number of nitrogens with one attached hydrogen (secondary N) is 2. The topological polar surface area (TPSA) is 39.7 Å². The normalized spacial score (nSPS) is 15.6. The molecule has 1 saturated carbocycles. The van der Waals surface area contributed by atoms with Crippen molar-refractivity contribution in [2.24, 2.45) is 4.99 Å². The standard InChI is InChI=1S/C23H32N4/c1-4-24-22(25-16-19-10-12-20(13-11-19)17-27(2)3)26-18-23(14-15-23)21-8-6-5-7-9-21/h5-13H,4,14-18H2,1-3H3,(H2,24,25,26). The van der Waals surface area contributed by atoms with E-state index in [2.05, 4.69) is 91.1 Å². The van der Waals surface area contributed by atoms with Gasteiger partial charge in [-0.2, -0.15) is 0 Å². The number of benzene rings is 2. The van der Waals surface area contributed by atoms with Crippen LogP contribution in [0, 0.1) is 0 Å². The number of nitrogens with zero attached hydrogens (tertiary/aromatic N) is 2. The van der Waals surface area contributed by atoms with Crippen LogP contribution in [0.5, 0.6) is 0 Å². The second kappa shape index (κ2) is 9.05. The van der Waals surface area contributed by atoms with Crippen LogP contribution in [0.3, 0.4) is 0 Å². The van der Waals surface area contributed by atoms with Crippen molar-refractivity contribution in [3.05, 3.63) is 71.3 Å². The molecular weight excluding hydrogens is 332 g/mol. The van der Waals surface area contributed by atoms with E-state index in [1.54, 1.807) is 0 Å². The van der Waals surface area contributed by atoms with E-state index in [0.717, 1.165) is 25.6 Å². The SMILES string of the molecule is CCNC(=NCc1ccc(CN(C)C)cc1)NCC1(c2ccccc2)CC1. The highest BCUT2D eigenvalue weighted by Gasteiger charge is 2.43. The van der Waals surface area contributed by atoms with E-state index in [0.29, 0.717) is 6.54 Å². The summed E-state index contributed by atoms with van der Waals surface area (Å²) >= 11 is 0. The Balaban J connectivity index is 1.58. The lowest BCUT2D eigenvalue weighted by Crippen LogP contribution is -2.41. The molecule has 4 nitrogen and oxygen atoms in total. The van der Waals surface area contributed by atoms with Gasteiger partial charge in [-0.05, 0) is 50.6 Å². The van der Waals surface area contributed by atoms with Crippen molar-refractivity contribution in [3.63, 3.8) is 0 Å². The van der Waals surface area contributed by atoms with Crippen LogP contribution >= 0.6 is 0 Å². The molecule has 3 rings (SSSR count). The lowest BCUT2D eigenvalue weighted by atomic mass is 9.96. The molecule has 0 heterocycles. The molecule has 0 aliphatic heterocycles. The molecule has 1 aliphatic rings. The van der Waals surface area contributed by atoms with Crippen LogP contribution in [-0.4, -0.2) is 38.0 Å². The van der Waals surface area contributed by atoms with Crippen LogP contribution < -0.4 is 10.6 Å². The molecule has 2 aromatic carbocycles. The first-order valence-electron chi connectivity index (χ1n) is 9.91. The predicted octanol–water partition coefficient (Wildman–Crippen LogP) is 3.54. The first-order valence-corrected chi connectivity index (χ1v) is 9.91. The van der Waals surface area contributed by atoms with Crippen LogP contribution in [0.1, 0.15) is 36.5 Å². The molecule has 0 saturated heterocycles. The van der Waals surface area contributed by atoms with Crippen molar-refractivity contribution in [3.8, 4) is 0 Å². The quantitative estimate of drug-likeness (QED) is 0.556. The van der Waals surface area contributed by atoms with E-state index < -0.39 is 0 Å². The van der Waals surface area contributed by atoms with Gasteiger partial charge in [0.05, 0.1) is 6.54 Å². The summed E-state index contributed by atoms with van der Waals surface area (Å²) in [6, 6.07) is 19.6. The van der Waals surface area contributed by atoms with Crippen LogP contribution in [0.2, 0.25) is 0 Å². The van der Waals surface area contributed by atoms with E-state index in [1.807, 2.05) is 0 Å². The van der Waals surface area contributed by atoms with E-state index in [9.17, 15) is 0 Å². The fourth-order valence-corrected chi connectivity index (χ4v) is 3.39. The van der Waals surface area contributed by atoms with Gasteiger partial charge in [-0.25, -0.2) is 4.99 Å². The molecule has 1 aliphatic carbocycles. The summed E-state index contributed by atoms with van der Waals surface area (Å²) in [5.41, 5.74) is 4.28. The van der Waals surface area contributed by atoms with Crippen molar-refractivity contribution in [2.75, 3.05) is 27.2 Å². The monoisotopic (exact) mass is 364 g/mol. The molecule has 2 aromatic rings. The summed E-state index contributed by atoms with van der Waals surface area (Å²) in [6.07, 6.45) is 2.49. The van der Waals surface area contributed by atoms with Gasteiger partial charge in [-0.1, -0.05) is 54.6 Å². The van der Waals surface area contributed by atoms with Gasteiger partial charge in [0.15, 0.2) is 5.96 Å². The lowest BCUT2D eigenvalue weighted by molar-refractivity contribution is 0.402. The Morgan fingerprint density at radius 2 is 1.63 bits per heavy atom. The Bertz CT molecular complexity index is 731. The van der Waals surface area contributed by atoms with E-state index in [1.165, 1.54) is 29.5 Å². The van der Waals surface area contributed by atoms with Crippen LogP contribution in [-0.2, 0) is 18.5 Å². The second-order valence-electron chi connectivity index (χ2n) is 7.75. The first kappa shape index (κ1) is 19.4. The zero-order valence-electron chi connectivity index (χ0n) is 16.8. The minimum atomic E-state index is 0.283. The van der Waals surface area contributed by atoms with Gasteiger partial charge in [0.1, 0.15) is 0 Å². The number of guanidine groups is 1. The fourth-order valence-electron chi connectivity index (χ4n) is 3.39. The molecule has 144 valence electrons. The Hall–Kier alpha value is -2.33. The maximum atomic E-state index is 4.78. The Labute approximate surface area is 163 Å². The largest absolute Gasteiger partial charge is 0.357 e. The third-order valence-electron chi connectivity index (χ3n) is 5.12. The minimum absolute atomic E-state index is 0.283. The molecule has 0 aromatic heterocycles. The molecule has 0 radical (unpaired) electrons. The Morgan fingerprint density at radius 1 is 0.963 bits per heavy atom. The lowest BCUT2D eigenvalue weighted by Gasteiger charge is -2.19. The average molecular weight is 365 g/mol. The molecule has 0 spiro atoms. The number of rotatable bonds is 8.